The summed E-state index contributed by atoms with van der Waals surface area (Å²) in [6, 6.07) is 0. The summed E-state index contributed by atoms with van der Waals surface area (Å²) in [4.78, 5) is 0. The predicted molar refractivity (Wildman–Crippen MR) is 65.2 cm³/mol. The summed E-state index contributed by atoms with van der Waals surface area (Å²) in [6.07, 6.45) is 8.00. The molecule has 0 radical (unpaired) electrons. The van der Waals surface area contributed by atoms with Gasteiger partial charge in [0, 0.05) is 19.8 Å². The zero-order valence-electron chi connectivity index (χ0n) is 10.5. The van der Waals surface area contributed by atoms with Gasteiger partial charge in [0.05, 0.1) is 0 Å². The van der Waals surface area contributed by atoms with E-state index in [-0.39, 0.29) is 0 Å². The Bertz CT molecular complexity index is 153. The van der Waals surface area contributed by atoms with Crippen LogP contribution in [-0.2, 0) is 4.74 Å². The lowest BCUT2D eigenvalue weighted by Crippen LogP contribution is -2.39. The van der Waals surface area contributed by atoms with Crippen LogP contribution in [0.1, 0.15) is 52.4 Å². The molecule has 15 heavy (non-hydrogen) atoms. The average molecular weight is 213 g/mol. The molecule has 0 aromatic rings. The predicted octanol–water partition coefficient (Wildman–Crippen LogP) is 2.97. The molecule has 1 N–H and O–H groups in total. The van der Waals surface area contributed by atoms with Crippen LogP contribution in [0.4, 0.5) is 0 Å². The van der Waals surface area contributed by atoms with Gasteiger partial charge in [-0.2, -0.15) is 0 Å². The Morgan fingerprint density at radius 1 is 1.13 bits per heavy atom. The molecule has 1 aliphatic heterocycles. The zero-order chi connectivity index (χ0) is 11.0. The summed E-state index contributed by atoms with van der Waals surface area (Å²) in [5.74, 6) is 0. The van der Waals surface area contributed by atoms with Gasteiger partial charge in [0.2, 0.25) is 0 Å². The summed E-state index contributed by atoms with van der Waals surface area (Å²) >= 11 is 0. The highest BCUT2D eigenvalue weighted by Gasteiger charge is 2.31. The third kappa shape index (κ3) is 4.52. The van der Waals surface area contributed by atoms with E-state index in [4.69, 9.17) is 4.74 Å². The minimum Gasteiger partial charge on any atom is -0.381 e. The van der Waals surface area contributed by atoms with Gasteiger partial charge in [-0.25, -0.2) is 0 Å². The molecule has 1 aliphatic rings. The first-order valence-electron chi connectivity index (χ1n) is 6.61. The van der Waals surface area contributed by atoms with Gasteiger partial charge in [-0.05, 0) is 31.2 Å². The van der Waals surface area contributed by atoms with Gasteiger partial charge in [0.1, 0.15) is 0 Å². The molecule has 0 amide bonds. The first-order chi connectivity index (χ1) is 7.33. The number of hydrogen-bond donors (Lipinski definition) is 1. The average Bonchev–Trinajstić information content (AvgIpc) is 2.28. The van der Waals surface area contributed by atoms with Crippen LogP contribution in [0, 0.1) is 5.41 Å². The normalized spacial score (nSPS) is 20.4. The van der Waals surface area contributed by atoms with E-state index in [1.54, 1.807) is 0 Å². The molecule has 2 heteroatoms. The smallest absolute Gasteiger partial charge is 0.0471 e. The molecule has 0 aromatic carbocycles. The van der Waals surface area contributed by atoms with E-state index in [9.17, 15) is 0 Å². The highest BCUT2D eigenvalue weighted by atomic mass is 16.5. The van der Waals surface area contributed by atoms with Crippen molar-refractivity contribution in [2.75, 3.05) is 26.3 Å². The minimum absolute atomic E-state index is 0.545. The summed E-state index contributed by atoms with van der Waals surface area (Å²) < 4.78 is 5.48. The van der Waals surface area contributed by atoms with Crippen molar-refractivity contribution < 1.29 is 4.74 Å². The quantitative estimate of drug-likeness (QED) is 0.656. The maximum Gasteiger partial charge on any atom is 0.0471 e. The number of ether oxygens (including phenoxy) is 1. The summed E-state index contributed by atoms with van der Waals surface area (Å²) in [5, 5.41) is 3.53. The molecule has 1 fully saturated rings. The van der Waals surface area contributed by atoms with Crippen molar-refractivity contribution in [2.45, 2.75) is 52.4 Å². The Morgan fingerprint density at radius 3 is 2.47 bits per heavy atom. The Hall–Kier alpha value is -0.0800. The third-order valence-corrected chi connectivity index (χ3v) is 3.61. The molecule has 0 aromatic heterocycles. The largest absolute Gasteiger partial charge is 0.381 e. The Labute approximate surface area is 94.8 Å². The molecule has 0 aliphatic carbocycles. The second kappa shape index (κ2) is 7.24. The standard InChI is InChI=1S/C13H27NO/c1-3-5-6-7-13(12-14-4-2)8-10-15-11-9-13/h14H,3-12H2,1-2H3. The van der Waals surface area contributed by atoms with Crippen molar-refractivity contribution in [2.24, 2.45) is 5.41 Å². The van der Waals surface area contributed by atoms with Gasteiger partial charge in [0.15, 0.2) is 0 Å². The minimum atomic E-state index is 0.545. The van der Waals surface area contributed by atoms with Crippen molar-refractivity contribution in [3.05, 3.63) is 0 Å². The second-order valence-corrected chi connectivity index (χ2v) is 4.85. The van der Waals surface area contributed by atoms with E-state index >= 15 is 0 Å². The van der Waals surface area contributed by atoms with Crippen LogP contribution < -0.4 is 5.32 Å². The number of rotatable bonds is 7. The van der Waals surface area contributed by atoms with E-state index in [2.05, 4.69) is 19.2 Å². The van der Waals surface area contributed by atoms with Crippen molar-refractivity contribution in [1.82, 2.24) is 5.32 Å². The van der Waals surface area contributed by atoms with Crippen molar-refractivity contribution in [1.29, 1.82) is 0 Å². The lowest BCUT2D eigenvalue weighted by Gasteiger charge is -2.37. The van der Waals surface area contributed by atoms with Gasteiger partial charge in [-0.15, -0.1) is 0 Å². The summed E-state index contributed by atoms with van der Waals surface area (Å²) in [6.45, 7) is 8.70. The van der Waals surface area contributed by atoms with Crippen LogP contribution in [0.25, 0.3) is 0 Å². The van der Waals surface area contributed by atoms with Crippen molar-refractivity contribution in [3.63, 3.8) is 0 Å². The molecule has 0 atom stereocenters. The fourth-order valence-electron chi connectivity index (χ4n) is 2.46. The Balaban J connectivity index is 2.35. The molecule has 0 spiro atoms. The second-order valence-electron chi connectivity index (χ2n) is 4.85. The molecule has 2 nitrogen and oxygen atoms in total. The van der Waals surface area contributed by atoms with E-state index in [1.807, 2.05) is 0 Å². The van der Waals surface area contributed by atoms with Crippen LogP contribution in [-0.4, -0.2) is 26.3 Å². The molecule has 1 heterocycles. The monoisotopic (exact) mass is 213 g/mol. The Kier molecular flexibility index (Phi) is 6.26. The molecule has 0 saturated carbocycles. The fraction of sp³-hybridized carbons (Fsp3) is 1.00. The lowest BCUT2D eigenvalue weighted by molar-refractivity contribution is 0.00944. The fourth-order valence-corrected chi connectivity index (χ4v) is 2.46. The molecule has 0 unspecified atom stereocenters. The van der Waals surface area contributed by atoms with Gasteiger partial charge in [0.25, 0.3) is 0 Å². The molecule has 1 rings (SSSR count). The molecule has 0 bridgehead atoms. The van der Waals surface area contributed by atoms with E-state index in [0.717, 1.165) is 19.8 Å². The maximum atomic E-state index is 5.48. The SMILES string of the molecule is CCCCCC1(CNCC)CCOCC1. The van der Waals surface area contributed by atoms with E-state index in [0.29, 0.717) is 5.41 Å². The lowest BCUT2D eigenvalue weighted by atomic mass is 9.76. The highest BCUT2D eigenvalue weighted by Crippen LogP contribution is 2.35. The van der Waals surface area contributed by atoms with Gasteiger partial charge >= 0.3 is 0 Å². The number of unbranched alkanes of at least 4 members (excludes halogenated alkanes) is 2. The summed E-state index contributed by atoms with van der Waals surface area (Å²) in [5.41, 5.74) is 0.545. The van der Waals surface area contributed by atoms with Crippen LogP contribution >= 0.6 is 0 Å². The summed E-state index contributed by atoms with van der Waals surface area (Å²) in [7, 11) is 0. The topological polar surface area (TPSA) is 21.3 Å². The first-order valence-corrected chi connectivity index (χ1v) is 6.61. The van der Waals surface area contributed by atoms with Crippen LogP contribution in [0.5, 0.6) is 0 Å². The molecule has 1 saturated heterocycles. The van der Waals surface area contributed by atoms with Crippen LogP contribution in [0.2, 0.25) is 0 Å². The van der Waals surface area contributed by atoms with Gasteiger partial charge < -0.3 is 10.1 Å². The van der Waals surface area contributed by atoms with Crippen molar-refractivity contribution in [3.8, 4) is 0 Å². The number of hydrogen-bond acceptors (Lipinski definition) is 2. The van der Waals surface area contributed by atoms with Crippen molar-refractivity contribution >= 4 is 0 Å². The van der Waals surface area contributed by atoms with E-state index < -0.39 is 0 Å². The van der Waals surface area contributed by atoms with Crippen LogP contribution in [0.15, 0.2) is 0 Å². The maximum absolute atomic E-state index is 5.48. The highest BCUT2D eigenvalue weighted by molar-refractivity contribution is 4.83. The molecule has 90 valence electrons. The number of nitrogens with one attached hydrogen (secondary N) is 1. The third-order valence-electron chi connectivity index (χ3n) is 3.61. The van der Waals surface area contributed by atoms with Gasteiger partial charge in [-0.3, -0.25) is 0 Å². The van der Waals surface area contributed by atoms with E-state index in [1.165, 1.54) is 45.1 Å². The van der Waals surface area contributed by atoms with Crippen LogP contribution in [0.3, 0.4) is 0 Å². The molecular weight excluding hydrogens is 186 g/mol. The Morgan fingerprint density at radius 2 is 1.87 bits per heavy atom. The van der Waals surface area contributed by atoms with Gasteiger partial charge in [-0.1, -0.05) is 33.1 Å². The zero-order valence-corrected chi connectivity index (χ0v) is 10.5. The first kappa shape index (κ1) is 13.0. The molecular formula is C13H27NO.